The zero-order valence-corrected chi connectivity index (χ0v) is 12.2. The molecule has 0 heterocycles. The van der Waals surface area contributed by atoms with E-state index in [1.54, 1.807) is 0 Å². The highest BCUT2D eigenvalue weighted by Gasteiger charge is 2.08. The third kappa shape index (κ3) is 8.57. The van der Waals surface area contributed by atoms with E-state index in [-0.39, 0.29) is 5.91 Å². The number of benzene rings is 1. The van der Waals surface area contributed by atoms with Crippen molar-refractivity contribution in [2.75, 3.05) is 18.1 Å². The van der Waals surface area contributed by atoms with Crippen LogP contribution in [-0.2, 0) is 9.36 Å². The van der Waals surface area contributed by atoms with Crippen LogP contribution in [0.15, 0.2) is 30.3 Å². The second kappa shape index (κ2) is 8.13. The van der Waals surface area contributed by atoms with Crippen LogP contribution in [0.3, 0.4) is 0 Å². The van der Waals surface area contributed by atoms with E-state index in [0.717, 1.165) is 31.4 Å². The number of carbonyl (C=O) groups excluding carboxylic acids is 1. The van der Waals surface area contributed by atoms with E-state index < -0.39 is 7.37 Å². The van der Waals surface area contributed by atoms with Gasteiger partial charge in [-0.25, -0.2) is 0 Å². The molecule has 0 spiro atoms. The number of para-hydroxylation sites is 1. The SMILES string of the molecule is CP(=O)(O)CCCCCCC(=O)Nc1ccccc1. The molecule has 5 heteroatoms. The Morgan fingerprint density at radius 2 is 1.79 bits per heavy atom. The van der Waals surface area contributed by atoms with Crippen molar-refractivity contribution in [1.82, 2.24) is 0 Å². The van der Waals surface area contributed by atoms with Crippen molar-refractivity contribution in [3.8, 4) is 0 Å². The van der Waals surface area contributed by atoms with Gasteiger partial charge in [0.25, 0.3) is 0 Å². The topological polar surface area (TPSA) is 66.4 Å². The fraction of sp³-hybridized carbons (Fsp3) is 0.500. The van der Waals surface area contributed by atoms with E-state index in [1.165, 1.54) is 6.66 Å². The Balaban J connectivity index is 2.07. The van der Waals surface area contributed by atoms with Crippen LogP contribution < -0.4 is 5.32 Å². The van der Waals surface area contributed by atoms with Crippen molar-refractivity contribution in [2.45, 2.75) is 32.1 Å². The third-order valence-electron chi connectivity index (χ3n) is 2.78. The summed E-state index contributed by atoms with van der Waals surface area (Å²) in [6, 6.07) is 9.39. The summed E-state index contributed by atoms with van der Waals surface area (Å²) in [7, 11) is -2.86. The first kappa shape index (κ1) is 15.9. The fourth-order valence-corrected chi connectivity index (χ4v) is 2.60. The molecule has 0 aromatic heterocycles. The second-order valence-corrected chi connectivity index (χ2v) is 7.40. The van der Waals surface area contributed by atoms with Gasteiger partial charge in [0.2, 0.25) is 5.91 Å². The van der Waals surface area contributed by atoms with Gasteiger partial charge in [-0.1, -0.05) is 31.0 Å². The fourth-order valence-electron chi connectivity index (χ4n) is 1.79. The number of rotatable bonds is 8. The van der Waals surface area contributed by atoms with Crippen molar-refractivity contribution in [1.29, 1.82) is 0 Å². The van der Waals surface area contributed by atoms with Crippen LogP contribution in [0.5, 0.6) is 0 Å². The lowest BCUT2D eigenvalue weighted by molar-refractivity contribution is -0.116. The molecule has 0 aliphatic carbocycles. The summed E-state index contributed by atoms with van der Waals surface area (Å²) in [5.41, 5.74) is 0.819. The van der Waals surface area contributed by atoms with Crippen molar-refractivity contribution < 1.29 is 14.3 Å². The largest absolute Gasteiger partial charge is 0.344 e. The normalized spacial score (nSPS) is 13.8. The minimum Gasteiger partial charge on any atom is -0.344 e. The monoisotopic (exact) mass is 283 g/mol. The quantitative estimate of drug-likeness (QED) is 0.567. The minimum absolute atomic E-state index is 0.0227. The average Bonchev–Trinajstić information content (AvgIpc) is 2.33. The van der Waals surface area contributed by atoms with Gasteiger partial charge >= 0.3 is 0 Å². The molecular weight excluding hydrogens is 261 g/mol. The molecule has 0 fully saturated rings. The van der Waals surface area contributed by atoms with Crippen LogP contribution in [0.4, 0.5) is 5.69 Å². The molecule has 0 aliphatic heterocycles. The van der Waals surface area contributed by atoms with Gasteiger partial charge in [-0.05, 0) is 25.0 Å². The summed E-state index contributed by atoms with van der Waals surface area (Å²) in [4.78, 5) is 20.7. The molecule has 1 rings (SSSR count). The lowest BCUT2D eigenvalue weighted by atomic mass is 10.1. The Bertz CT molecular complexity index is 428. The number of hydrogen-bond donors (Lipinski definition) is 2. The Morgan fingerprint density at radius 1 is 1.16 bits per heavy atom. The smallest absolute Gasteiger partial charge is 0.224 e. The summed E-state index contributed by atoms with van der Waals surface area (Å²) < 4.78 is 11.1. The highest BCUT2D eigenvalue weighted by atomic mass is 31.2. The molecule has 0 saturated carbocycles. The first-order chi connectivity index (χ1) is 8.97. The molecule has 0 saturated heterocycles. The van der Waals surface area contributed by atoms with Gasteiger partial charge in [-0.2, -0.15) is 0 Å². The second-order valence-electron chi connectivity index (χ2n) is 4.85. The summed E-state index contributed by atoms with van der Waals surface area (Å²) in [6.07, 6.45) is 4.27. The minimum atomic E-state index is -2.86. The molecule has 2 N–H and O–H groups in total. The van der Waals surface area contributed by atoms with Gasteiger partial charge in [0.05, 0.1) is 0 Å². The van der Waals surface area contributed by atoms with E-state index in [2.05, 4.69) is 5.32 Å². The molecule has 1 aromatic rings. The highest BCUT2D eigenvalue weighted by Crippen LogP contribution is 2.36. The van der Waals surface area contributed by atoms with E-state index in [4.69, 9.17) is 4.89 Å². The van der Waals surface area contributed by atoms with Gasteiger partial charge in [0.1, 0.15) is 0 Å². The summed E-state index contributed by atoms with van der Waals surface area (Å²) in [5, 5.41) is 2.83. The lowest BCUT2D eigenvalue weighted by Crippen LogP contribution is -2.10. The van der Waals surface area contributed by atoms with E-state index in [0.29, 0.717) is 12.6 Å². The number of unbranched alkanes of at least 4 members (excludes halogenated alkanes) is 3. The van der Waals surface area contributed by atoms with E-state index in [1.807, 2.05) is 30.3 Å². The molecule has 4 nitrogen and oxygen atoms in total. The number of amides is 1. The molecule has 1 amide bonds. The summed E-state index contributed by atoms with van der Waals surface area (Å²) in [5.74, 6) is 0.0227. The molecule has 106 valence electrons. The van der Waals surface area contributed by atoms with E-state index >= 15 is 0 Å². The molecule has 0 bridgehead atoms. The van der Waals surface area contributed by atoms with E-state index in [9.17, 15) is 9.36 Å². The zero-order valence-electron chi connectivity index (χ0n) is 11.3. The van der Waals surface area contributed by atoms with Gasteiger partial charge < -0.3 is 10.2 Å². The van der Waals surface area contributed by atoms with Crippen molar-refractivity contribution in [2.24, 2.45) is 0 Å². The molecule has 0 aliphatic rings. The third-order valence-corrected chi connectivity index (χ3v) is 3.93. The van der Waals surface area contributed by atoms with Gasteiger partial charge in [-0.3, -0.25) is 9.36 Å². The summed E-state index contributed by atoms with van der Waals surface area (Å²) in [6.45, 7) is 1.39. The number of hydrogen-bond acceptors (Lipinski definition) is 2. The van der Waals surface area contributed by atoms with Crippen LogP contribution in [0.1, 0.15) is 32.1 Å². The molecule has 1 unspecified atom stereocenters. The molecule has 19 heavy (non-hydrogen) atoms. The predicted molar refractivity (Wildman–Crippen MR) is 78.8 cm³/mol. The number of nitrogens with one attached hydrogen (secondary N) is 1. The first-order valence-corrected chi connectivity index (χ1v) is 8.91. The number of carbonyl (C=O) groups is 1. The maximum Gasteiger partial charge on any atom is 0.224 e. The zero-order chi connectivity index (χ0) is 14.1. The number of anilines is 1. The van der Waals surface area contributed by atoms with Crippen LogP contribution in [0.25, 0.3) is 0 Å². The molecule has 1 atom stereocenters. The Kier molecular flexibility index (Phi) is 6.82. The molecular formula is C14H22NO3P. The molecule has 0 radical (unpaired) electrons. The van der Waals surface area contributed by atoms with Gasteiger partial charge in [0.15, 0.2) is 7.37 Å². The average molecular weight is 283 g/mol. The maximum atomic E-state index is 11.6. The van der Waals surface area contributed by atoms with Crippen molar-refractivity contribution in [3.63, 3.8) is 0 Å². The van der Waals surface area contributed by atoms with Crippen LogP contribution in [-0.4, -0.2) is 23.6 Å². The first-order valence-electron chi connectivity index (χ1n) is 6.61. The summed E-state index contributed by atoms with van der Waals surface area (Å²) >= 11 is 0. The molecule has 1 aromatic carbocycles. The lowest BCUT2D eigenvalue weighted by Gasteiger charge is -2.06. The van der Waals surface area contributed by atoms with Crippen LogP contribution in [0.2, 0.25) is 0 Å². The van der Waals surface area contributed by atoms with Crippen LogP contribution in [0, 0.1) is 0 Å². The Labute approximate surface area is 114 Å². The maximum absolute atomic E-state index is 11.6. The Hall–Kier alpha value is -1.12. The standard InChI is InChI=1S/C14H22NO3P/c1-19(17,18)12-8-3-2-7-11-14(16)15-13-9-5-4-6-10-13/h4-6,9-10H,2-3,7-8,11-12H2,1H3,(H,15,16)(H,17,18). The van der Waals surface area contributed by atoms with Crippen molar-refractivity contribution >= 4 is 19.0 Å². The van der Waals surface area contributed by atoms with Crippen LogP contribution >= 0.6 is 7.37 Å². The van der Waals surface area contributed by atoms with Gasteiger partial charge in [0, 0.05) is 24.9 Å². The van der Waals surface area contributed by atoms with Crippen molar-refractivity contribution in [3.05, 3.63) is 30.3 Å². The Morgan fingerprint density at radius 3 is 2.42 bits per heavy atom. The highest BCUT2D eigenvalue weighted by molar-refractivity contribution is 7.57. The predicted octanol–water partition coefficient (Wildman–Crippen LogP) is 3.48. The van der Waals surface area contributed by atoms with Gasteiger partial charge in [-0.15, -0.1) is 0 Å².